The fourth-order valence-corrected chi connectivity index (χ4v) is 8.31. The summed E-state index contributed by atoms with van der Waals surface area (Å²) in [6.45, 7) is 5.89. The lowest BCUT2D eigenvalue weighted by atomic mass is 9.36. The third kappa shape index (κ3) is 3.78. The molecule has 3 aliphatic carbocycles. The maximum Gasteiger partial charge on any atom is 0.133 e. The minimum absolute atomic E-state index is 0.0588. The summed E-state index contributed by atoms with van der Waals surface area (Å²) < 4.78 is 44.6. The summed E-state index contributed by atoms with van der Waals surface area (Å²) >= 11 is 0. The highest BCUT2D eigenvalue weighted by Gasteiger charge is 2.73. The number of fused-ring (bicyclic) bond motifs is 3. The van der Waals surface area contributed by atoms with E-state index in [-0.39, 0.29) is 41.4 Å². The van der Waals surface area contributed by atoms with Crippen LogP contribution in [-0.4, -0.2) is 69.9 Å². The molecule has 5 nitrogen and oxygen atoms in total. The number of benzene rings is 2. The molecule has 8 heteroatoms. The van der Waals surface area contributed by atoms with Gasteiger partial charge in [0.2, 0.25) is 0 Å². The number of nitrogens with one attached hydrogen (secondary N) is 2. The monoisotopic (exact) mass is 538 g/mol. The number of alkyl halides is 1. The number of aliphatic hydroxyl groups is 1. The average Bonchev–Trinajstić information content (AvgIpc) is 3.17. The van der Waals surface area contributed by atoms with E-state index < -0.39 is 17.7 Å². The second kappa shape index (κ2) is 8.98. The molecule has 2 aromatic carbocycles. The fourth-order valence-electron chi connectivity index (χ4n) is 8.31. The Balaban J connectivity index is 1.24. The predicted molar refractivity (Wildman–Crippen MR) is 147 cm³/mol. The van der Waals surface area contributed by atoms with E-state index in [2.05, 4.69) is 33.1 Å². The molecule has 3 heterocycles. The van der Waals surface area contributed by atoms with Gasteiger partial charge in [0.05, 0.1) is 24.9 Å². The van der Waals surface area contributed by atoms with E-state index in [0.717, 1.165) is 60.9 Å². The van der Waals surface area contributed by atoms with Crippen molar-refractivity contribution in [3.8, 4) is 0 Å². The maximum atomic E-state index is 16.1. The van der Waals surface area contributed by atoms with Crippen molar-refractivity contribution in [1.29, 1.82) is 0 Å². The first kappa shape index (κ1) is 25.4. The van der Waals surface area contributed by atoms with E-state index in [4.69, 9.17) is 0 Å². The highest BCUT2D eigenvalue weighted by atomic mass is 19.1. The minimum Gasteiger partial charge on any atom is -0.393 e. The van der Waals surface area contributed by atoms with Crippen LogP contribution >= 0.6 is 0 Å². The van der Waals surface area contributed by atoms with Crippen LogP contribution in [0.15, 0.2) is 36.4 Å². The highest BCUT2D eigenvalue weighted by Crippen LogP contribution is 2.73. The molecule has 4 fully saturated rings. The number of anilines is 1. The molecule has 1 saturated heterocycles. The SMILES string of the molecule is CC1Cc2c([nH]c3ccccc23)C(c2c(F)cc(NC3CN(CCCF)C3)cc2F)N1C12CC([C@@H](C)O)(C1)C2. The number of para-hydroxylation sites is 1. The number of likely N-dealkylation sites (tertiary alicyclic amines) is 1. The number of H-pyrrole nitrogens is 1. The minimum atomic E-state index is -0.572. The number of hydrogen-bond acceptors (Lipinski definition) is 4. The first-order valence-electron chi connectivity index (χ1n) is 14.3. The van der Waals surface area contributed by atoms with E-state index >= 15 is 8.78 Å². The molecule has 2 bridgehead atoms. The van der Waals surface area contributed by atoms with Gasteiger partial charge in [0.25, 0.3) is 0 Å². The van der Waals surface area contributed by atoms with Crippen LogP contribution < -0.4 is 5.32 Å². The Morgan fingerprint density at radius 1 is 1.13 bits per heavy atom. The summed E-state index contributed by atoms with van der Waals surface area (Å²) in [5.74, 6) is -1.09. The lowest BCUT2D eigenvalue weighted by Gasteiger charge is -2.77. The van der Waals surface area contributed by atoms with Crippen LogP contribution in [-0.2, 0) is 6.42 Å². The van der Waals surface area contributed by atoms with Gasteiger partial charge in [0, 0.05) is 64.5 Å². The molecule has 208 valence electrons. The van der Waals surface area contributed by atoms with Crippen molar-refractivity contribution in [2.24, 2.45) is 5.41 Å². The van der Waals surface area contributed by atoms with Crippen LogP contribution in [0.5, 0.6) is 0 Å². The number of hydrogen-bond donors (Lipinski definition) is 3. The largest absolute Gasteiger partial charge is 0.393 e. The molecule has 3 atom stereocenters. The normalized spacial score (nSPS) is 31.3. The molecular formula is C31H37F3N4O. The zero-order valence-electron chi connectivity index (χ0n) is 22.6. The summed E-state index contributed by atoms with van der Waals surface area (Å²) in [5, 5.41) is 14.8. The van der Waals surface area contributed by atoms with Crippen molar-refractivity contribution in [1.82, 2.24) is 14.8 Å². The standard InChI is InChI=1S/C31H37F3N4O/c1-18-10-23-22-6-3-4-7-26(22)36-28(23)29(38(18)31-15-30(16-31,17-31)19(2)39)27-24(33)11-20(12-25(27)34)35-21-13-37(14-21)9-5-8-32/h3-4,6-7,11-12,18-19,21,29,35-36,39H,5,8-10,13-17H2,1-2H3/t18?,19-,29?,30?,31?/m1/s1. The lowest BCUT2D eigenvalue weighted by molar-refractivity contribution is -0.275. The topological polar surface area (TPSA) is 54.5 Å². The van der Waals surface area contributed by atoms with Crippen molar-refractivity contribution in [3.63, 3.8) is 0 Å². The molecule has 5 aliphatic rings. The number of nitrogens with zero attached hydrogens (tertiary/aromatic N) is 2. The van der Waals surface area contributed by atoms with Crippen molar-refractivity contribution < 1.29 is 18.3 Å². The smallest absolute Gasteiger partial charge is 0.133 e. The second-order valence-electron chi connectivity index (χ2n) is 12.7. The van der Waals surface area contributed by atoms with Gasteiger partial charge in [0.1, 0.15) is 11.6 Å². The quantitative estimate of drug-likeness (QED) is 0.353. The number of aromatic amines is 1. The Morgan fingerprint density at radius 3 is 2.49 bits per heavy atom. The highest BCUT2D eigenvalue weighted by molar-refractivity contribution is 5.85. The maximum absolute atomic E-state index is 16.1. The molecule has 3 aromatic rings. The van der Waals surface area contributed by atoms with Crippen molar-refractivity contribution in [2.45, 2.75) is 75.7 Å². The number of rotatable bonds is 8. The van der Waals surface area contributed by atoms with Crippen molar-refractivity contribution in [3.05, 3.63) is 64.9 Å². The molecule has 0 radical (unpaired) electrons. The van der Waals surface area contributed by atoms with Crippen LogP contribution in [0.25, 0.3) is 10.9 Å². The van der Waals surface area contributed by atoms with Gasteiger partial charge in [-0.1, -0.05) is 18.2 Å². The molecule has 0 spiro atoms. The molecule has 0 amide bonds. The first-order valence-corrected chi connectivity index (χ1v) is 14.3. The summed E-state index contributed by atoms with van der Waals surface area (Å²) in [5.41, 5.74) is 3.33. The van der Waals surface area contributed by atoms with Gasteiger partial charge in [-0.05, 0) is 69.7 Å². The Labute approximate surface area is 227 Å². The molecule has 39 heavy (non-hydrogen) atoms. The van der Waals surface area contributed by atoms with Crippen LogP contribution in [0.3, 0.4) is 0 Å². The summed E-state index contributed by atoms with van der Waals surface area (Å²) in [7, 11) is 0. The Kier molecular flexibility index (Phi) is 5.85. The third-order valence-corrected chi connectivity index (χ3v) is 10.1. The molecular weight excluding hydrogens is 501 g/mol. The Bertz CT molecular complexity index is 1370. The molecule has 2 unspecified atom stereocenters. The van der Waals surface area contributed by atoms with E-state index in [1.54, 1.807) is 0 Å². The summed E-state index contributed by atoms with van der Waals surface area (Å²) in [6, 6.07) is 10.6. The van der Waals surface area contributed by atoms with Gasteiger partial charge < -0.3 is 15.4 Å². The van der Waals surface area contributed by atoms with E-state index in [1.807, 2.05) is 25.1 Å². The van der Waals surface area contributed by atoms with E-state index in [1.165, 1.54) is 12.1 Å². The van der Waals surface area contributed by atoms with Gasteiger partial charge >= 0.3 is 0 Å². The Hall–Kier alpha value is -2.55. The average molecular weight is 539 g/mol. The zero-order chi connectivity index (χ0) is 27.1. The van der Waals surface area contributed by atoms with Crippen LogP contribution in [0.2, 0.25) is 0 Å². The van der Waals surface area contributed by atoms with Crippen LogP contribution in [0.4, 0.5) is 18.9 Å². The van der Waals surface area contributed by atoms with E-state index in [9.17, 15) is 9.50 Å². The van der Waals surface area contributed by atoms with Gasteiger partial charge in [-0.2, -0.15) is 0 Å². The first-order chi connectivity index (χ1) is 18.7. The van der Waals surface area contributed by atoms with Gasteiger partial charge in [-0.15, -0.1) is 0 Å². The predicted octanol–water partition coefficient (Wildman–Crippen LogP) is 5.54. The van der Waals surface area contributed by atoms with Crippen molar-refractivity contribution >= 4 is 16.6 Å². The molecule has 3 saturated carbocycles. The second-order valence-corrected chi connectivity index (χ2v) is 12.7. The molecule has 2 aliphatic heterocycles. The van der Waals surface area contributed by atoms with Crippen molar-refractivity contribution in [2.75, 3.05) is 31.6 Å². The molecule has 1 aromatic heterocycles. The summed E-state index contributed by atoms with van der Waals surface area (Å²) in [4.78, 5) is 8.05. The van der Waals surface area contributed by atoms with Crippen LogP contribution in [0, 0.1) is 17.0 Å². The zero-order valence-corrected chi connectivity index (χ0v) is 22.6. The lowest BCUT2D eigenvalue weighted by Crippen LogP contribution is -2.79. The Morgan fingerprint density at radius 2 is 1.82 bits per heavy atom. The number of aliphatic hydroxyl groups excluding tert-OH is 1. The van der Waals surface area contributed by atoms with Gasteiger partial charge in [-0.3, -0.25) is 14.2 Å². The van der Waals surface area contributed by atoms with Gasteiger partial charge in [-0.25, -0.2) is 8.78 Å². The van der Waals surface area contributed by atoms with Gasteiger partial charge in [0.15, 0.2) is 0 Å². The summed E-state index contributed by atoms with van der Waals surface area (Å²) in [6.07, 6.45) is 3.52. The molecule has 8 rings (SSSR count). The third-order valence-electron chi connectivity index (χ3n) is 10.1. The van der Waals surface area contributed by atoms with E-state index in [0.29, 0.717) is 18.7 Å². The fraction of sp³-hybridized carbons (Fsp3) is 0.548. The molecule has 3 N–H and O–H groups in total. The number of aromatic nitrogens is 1. The van der Waals surface area contributed by atoms with Crippen LogP contribution in [0.1, 0.15) is 62.4 Å². The number of halogens is 3.